The molecule has 0 bridgehead atoms. The van der Waals surface area contributed by atoms with Gasteiger partial charge in [0, 0.05) is 24.2 Å². The molecule has 28 heavy (non-hydrogen) atoms. The highest BCUT2D eigenvalue weighted by atomic mass is 16.6. The van der Waals surface area contributed by atoms with Crippen LogP contribution in [-0.2, 0) is 4.74 Å². The number of carbonyl (C=O) groups excluding carboxylic acids is 1. The number of anilines is 1. The van der Waals surface area contributed by atoms with Crippen LogP contribution in [-0.4, -0.2) is 34.4 Å². The molecule has 2 N–H and O–H groups in total. The second-order valence-electron chi connectivity index (χ2n) is 7.62. The number of nitro benzene ring substituents is 1. The summed E-state index contributed by atoms with van der Waals surface area (Å²) in [7, 11) is 0. The summed E-state index contributed by atoms with van der Waals surface area (Å²) >= 11 is 0. The molecule has 0 aliphatic rings. The molecular weight excluding hydrogens is 364 g/mol. The molecule has 1 aromatic heterocycles. The lowest BCUT2D eigenvalue weighted by atomic mass is 10.0. The number of hydrogen-bond donors (Lipinski definition) is 2. The highest BCUT2D eigenvalue weighted by molar-refractivity contribution is 5.75. The number of nitro groups is 1. The maximum atomic E-state index is 11.8. The van der Waals surface area contributed by atoms with Crippen LogP contribution in [0, 0.1) is 24.0 Å². The molecule has 0 fully saturated rings. The van der Waals surface area contributed by atoms with Crippen LogP contribution in [0.1, 0.15) is 39.1 Å². The van der Waals surface area contributed by atoms with Crippen LogP contribution >= 0.6 is 0 Å². The number of ether oxygens (including phenoxy) is 1. The van der Waals surface area contributed by atoms with Crippen molar-refractivity contribution in [1.82, 2.24) is 10.5 Å². The van der Waals surface area contributed by atoms with Crippen LogP contribution in [0.2, 0.25) is 0 Å². The Labute approximate surface area is 163 Å². The van der Waals surface area contributed by atoms with Crippen LogP contribution < -0.4 is 10.6 Å². The Kier molecular flexibility index (Phi) is 6.27. The summed E-state index contributed by atoms with van der Waals surface area (Å²) in [6.07, 6.45) is -0.537. The predicted octanol–water partition coefficient (Wildman–Crippen LogP) is 4.19. The zero-order valence-corrected chi connectivity index (χ0v) is 17.0. The van der Waals surface area contributed by atoms with Crippen molar-refractivity contribution in [3.8, 4) is 11.1 Å². The number of carbonyl (C=O) groups is 1. The van der Waals surface area contributed by atoms with E-state index in [-0.39, 0.29) is 11.7 Å². The van der Waals surface area contributed by atoms with E-state index in [9.17, 15) is 14.9 Å². The largest absolute Gasteiger partial charge is 0.444 e. The Balaban J connectivity index is 2.11. The van der Waals surface area contributed by atoms with Gasteiger partial charge in [-0.2, -0.15) is 0 Å². The molecule has 0 aliphatic heterocycles. The van der Waals surface area contributed by atoms with Crippen molar-refractivity contribution in [2.24, 2.45) is 0 Å². The van der Waals surface area contributed by atoms with Gasteiger partial charge in [-0.25, -0.2) is 4.79 Å². The van der Waals surface area contributed by atoms with Gasteiger partial charge < -0.3 is 19.9 Å². The smallest absolute Gasteiger partial charge is 0.407 e. The van der Waals surface area contributed by atoms with Crippen LogP contribution in [0.3, 0.4) is 0 Å². The van der Waals surface area contributed by atoms with Gasteiger partial charge in [0.05, 0.1) is 10.6 Å². The van der Waals surface area contributed by atoms with Crippen molar-refractivity contribution in [3.63, 3.8) is 0 Å². The van der Waals surface area contributed by atoms with Crippen molar-refractivity contribution >= 4 is 17.5 Å². The third kappa shape index (κ3) is 5.45. The zero-order valence-electron chi connectivity index (χ0n) is 17.0. The Morgan fingerprint density at radius 2 is 2.04 bits per heavy atom. The second-order valence-corrected chi connectivity index (χ2v) is 7.62. The Morgan fingerprint density at radius 3 is 2.57 bits per heavy atom. The molecule has 0 unspecified atom stereocenters. The standard InChI is InChI=1S/C19H26N4O5/c1-11(21-18(24)27-19(4,5)6)10-20-15-8-7-14(9-16(15)23(25)26)17-12(2)22-28-13(17)3/h7-9,11,20H,10H2,1-6H3,(H,21,24)/t11-/m0/s1. The lowest BCUT2D eigenvalue weighted by molar-refractivity contribution is -0.383. The van der Waals surface area contributed by atoms with Crippen LogP contribution in [0.25, 0.3) is 11.1 Å². The summed E-state index contributed by atoms with van der Waals surface area (Å²) in [5.74, 6) is 0.600. The minimum atomic E-state index is -0.593. The fourth-order valence-electron chi connectivity index (χ4n) is 2.71. The van der Waals surface area contributed by atoms with E-state index in [0.29, 0.717) is 29.2 Å². The molecule has 0 spiro atoms. The monoisotopic (exact) mass is 390 g/mol. The first-order valence-electron chi connectivity index (χ1n) is 8.93. The summed E-state index contributed by atoms with van der Waals surface area (Å²) in [6.45, 7) is 11.0. The number of nitrogens with zero attached hydrogens (tertiary/aromatic N) is 2. The number of hydrogen-bond acceptors (Lipinski definition) is 7. The third-order valence-corrected chi connectivity index (χ3v) is 3.88. The van der Waals surface area contributed by atoms with E-state index in [4.69, 9.17) is 9.26 Å². The molecule has 0 saturated carbocycles. The van der Waals surface area contributed by atoms with Crippen molar-refractivity contribution in [2.75, 3.05) is 11.9 Å². The normalized spacial score (nSPS) is 12.4. The molecule has 9 nitrogen and oxygen atoms in total. The van der Waals surface area contributed by atoms with Gasteiger partial charge >= 0.3 is 6.09 Å². The number of benzene rings is 1. The van der Waals surface area contributed by atoms with Crippen molar-refractivity contribution < 1.29 is 19.0 Å². The fourth-order valence-corrected chi connectivity index (χ4v) is 2.71. The number of rotatable bonds is 6. The fraction of sp³-hybridized carbons (Fsp3) is 0.474. The van der Waals surface area contributed by atoms with Gasteiger partial charge in [0.15, 0.2) is 0 Å². The lowest BCUT2D eigenvalue weighted by Crippen LogP contribution is -2.40. The first kappa shape index (κ1) is 21.2. The molecular formula is C19H26N4O5. The Hall–Kier alpha value is -3.10. The molecule has 0 aliphatic carbocycles. The number of aromatic nitrogens is 1. The SMILES string of the molecule is Cc1noc(C)c1-c1ccc(NC[C@H](C)NC(=O)OC(C)(C)C)c([N+](=O)[O-])c1. The van der Waals surface area contributed by atoms with E-state index in [0.717, 1.165) is 5.56 Å². The molecule has 1 heterocycles. The van der Waals surface area contributed by atoms with Crippen LogP contribution in [0.15, 0.2) is 22.7 Å². The van der Waals surface area contributed by atoms with Crippen molar-refractivity contribution in [2.45, 2.75) is 53.2 Å². The minimum Gasteiger partial charge on any atom is -0.444 e. The maximum absolute atomic E-state index is 11.8. The van der Waals surface area contributed by atoms with Gasteiger partial charge in [0.1, 0.15) is 17.0 Å². The van der Waals surface area contributed by atoms with E-state index >= 15 is 0 Å². The first-order chi connectivity index (χ1) is 13.0. The maximum Gasteiger partial charge on any atom is 0.407 e. The zero-order chi connectivity index (χ0) is 21.1. The van der Waals surface area contributed by atoms with E-state index in [1.807, 2.05) is 0 Å². The average Bonchev–Trinajstić information content (AvgIpc) is 2.89. The van der Waals surface area contributed by atoms with Gasteiger partial charge in [-0.15, -0.1) is 0 Å². The summed E-state index contributed by atoms with van der Waals surface area (Å²) in [5, 5.41) is 21.1. The average molecular weight is 390 g/mol. The molecule has 152 valence electrons. The second kappa shape index (κ2) is 8.28. The van der Waals surface area contributed by atoms with Crippen molar-refractivity contribution in [3.05, 3.63) is 39.8 Å². The van der Waals surface area contributed by atoms with Crippen LogP contribution in [0.4, 0.5) is 16.2 Å². The van der Waals surface area contributed by atoms with Gasteiger partial charge in [0.2, 0.25) is 0 Å². The summed E-state index contributed by atoms with van der Waals surface area (Å²) < 4.78 is 10.3. The van der Waals surface area contributed by atoms with E-state index in [2.05, 4.69) is 15.8 Å². The first-order valence-corrected chi connectivity index (χ1v) is 8.93. The summed E-state index contributed by atoms with van der Waals surface area (Å²) in [6, 6.07) is 4.60. The number of aryl methyl sites for hydroxylation is 2. The number of alkyl carbamates (subject to hydrolysis) is 1. The molecule has 0 saturated heterocycles. The van der Waals surface area contributed by atoms with Gasteiger partial charge in [-0.05, 0) is 53.2 Å². The molecule has 1 amide bonds. The molecule has 0 radical (unpaired) electrons. The minimum absolute atomic E-state index is 0.0676. The highest BCUT2D eigenvalue weighted by Crippen LogP contribution is 2.33. The Morgan fingerprint density at radius 1 is 1.36 bits per heavy atom. The van der Waals surface area contributed by atoms with E-state index < -0.39 is 16.6 Å². The number of nitrogens with one attached hydrogen (secondary N) is 2. The van der Waals surface area contributed by atoms with Crippen LogP contribution in [0.5, 0.6) is 0 Å². The van der Waals surface area contributed by atoms with E-state index in [1.165, 1.54) is 6.07 Å². The molecule has 2 rings (SSSR count). The molecule has 1 aromatic carbocycles. The van der Waals surface area contributed by atoms with E-state index in [1.54, 1.807) is 53.7 Å². The lowest BCUT2D eigenvalue weighted by Gasteiger charge is -2.22. The third-order valence-electron chi connectivity index (χ3n) is 3.88. The topological polar surface area (TPSA) is 120 Å². The van der Waals surface area contributed by atoms with Gasteiger partial charge in [-0.3, -0.25) is 10.1 Å². The quantitative estimate of drug-likeness (QED) is 0.560. The summed E-state index contributed by atoms with van der Waals surface area (Å²) in [4.78, 5) is 22.9. The predicted molar refractivity (Wildman–Crippen MR) is 105 cm³/mol. The number of amides is 1. The van der Waals surface area contributed by atoms with Gasteiger partial charge in [-0.1, -0.05) is 11.2 Å². The molecule has 2 aromatic rings. The summed E-state index contributed by atoms with van der Waals surface area (Å²) in [5.41, 5.74) is 1.77. The van der Waals surface area contributed by atoms with Gasteiger partial charge in [0.25, 0.3) is 5.69 Å². The highest BCUT2D eigenvalue weighted by Gasteiger charge is 2.21. The van der Waals surface area contributed by atoms with Crippen molar-refractivity contribution in [1.29, 1.82) is 0 Å². The molecule has 9 heteroatoms. The molecule has 1 atom stereocenters. The Bertz CT molecular complexity index is 850.